The van der Waals surface area contributed by atoms with Crippen LogP contribution in [0, 0.1) is 0 Å². The molecule has 1 heterocycles. The highest BCUT2D eigenvalue weighted by atomic mass is 32.1. The van der Waals surface area contributed by atoms with Crippen molar-refractivity contribution >= 4 is 33.9 Å². The summed E-state index contributed by atoms with van der Waals surface area (Å²) in [6.45, 7) is 0.971. The summed E-state index contributed by atoms with van der Waals surface area (Å²) in [7, 11) is 0. The van der Waals surface area contributed by atoms with E-state index in [9.17, 15) is 9.59 Å². The molecule has 1 aliphatic carbocycles. The standard InChI is InChI=1S/C24H27N3O2S/c28-22(25-14-5-10-23-27-20-8-3-4-9-21(20)30-23)13-15-26-24(29)19-12-11-17-6-1-2-7-18(17)16-19/h1-2,6-7,11-12,16H,3-5,8-10,13-15H2,(H,25,28)(H,26,29). The predicted octanol–water partition coefficient (Wildman–Crippen LogP) is 4.04. The number of nitrogens with zero attached hydrogens (tertiary/aromatic N) is 1. The fourth-order valence-corrected chi connectivity index (χ4v) is 4.99. The van der Waals surface area contributed by atoms with E-state index in [1.807, 2.05) is 53.8 Å². The van der Waals surface area contributed by atoms with Gasteiger partial charge in [-0.3, -0.25) is 9.59 Å². The van der Waals surface area contributed by atoms with Gasteiger partial charge < -0.3 is 10.6 Å². The lowest BCUT2D eigenvalue weighted by atomic mass is 10.0. The van der Waals surface area contributed by atoms with E-state index >= 15 is 0 Å². The van der Waals surface area contributed by atoms with Crippen LogP contribution in [-0.2, 0) is 24.1 Å². The lowest BCUT2D eigenvalue weighted by Gasteiger charge is -2.07. The number of hydrogen-bond acceptors (Lipinski definition) is 4. The quantitative estimate of drug-likeness (QED) is 0.539. The Morgan fingerprint density at radius 2 is 1.80 bits per heavy atom. The molecule has 0 saturated heterocycles. The number of benzene rings is 2. The van der Waals surface area contributed by atoms with Crippen LogP contribution in [0.15, 0.2) is 42.5 Å². The van der Waals surface area contributed by atoms with Crippen molar-refractivity contribution < 1.29 is 9.59 Å². The number of hydrogen-bond donors (Lipinski definition) is 2. The van der Waals surface area contributed by atoms with Gasteiger partial charge in [0.15, 0.2) is 0 Å². The predicted molar refractivity (Wildman–Crippen MR) is 121 cm³/mol. The third-order valence-electron chi connectivity index (χ3n) is 5.43. The maximum Gasteiger partial charge on any atom is 0.251 e. The topological polar surface area (TPSA) is 71.1 Å². The molecule has 0 aliphatic heterocycles. The SMILES string of the molecule is O=C(CCNC(=O)c1ccc2ccccc2c1)NCCCc1nc2c(s1)CCCC2. The summed E-state index contributed by atoms with van der Waals surface area (Å²) >= 11 is 1.84. The molecule has 30 heavy (non-hydrogen) atoms. The monoisotopic (exact) mass is 421 g/mol. The van der Waals surface area contributed by atoms with Crippen LogP contribution >= 0.6 is 11.3 Å². The summed E-state index contributed by atoms with van der Waals surface area (Å²) < 4.78 is 0. The van der Waals surface area contributed by atoms with E-state index in [1.165, 1.54) is 34.8 Å². The minimum atomic E-state index is -0.152. The Morgan fingerprint density at radius 3 is 2.67 bits per heavy atom. The average molecular weight is 422 g/mol. The van der Waals surface area contributed by atoms with Crippen molar-refractivity contribution in [3.63, 3.8) is 0 Å². The first-order valence-electron chi connectivity index (χ1n) is 10.7. The van der Waals surface area contributed by atoms with Crippen LogP contribution in [0.1, 0.15) is 51.6 Å². The minimum Gasteiger partial charge on any atom is -0.356 e. The molecular weight excluding hydrogens is 394 g/mol. The van der Waals surface area contributed by atoms with Gasteiger partial charge in [-0.15, -0.1) is 11.3 Å². The second-order valence-electron chi connectivity index (χ2n) is 7.71. The van der Waals surface area contributed by atoms with E-state index in [0.717, 1.165) is 30.0 Å². The number of fused-ring (bicyclic) bond motifs is 2. The number of amides is 2. The van der Waals surface area contributed by atoms with Gasteiger partial charge in [-0.1, -0.05) is 30.3 Å². The van der Waals surface area contributed by atoms with E-state index in [2.05, 4.69) is 10.6 Å². The average Bonchev–Trinajstić information content (AvgIpc) is 3.19. The molecule has 3 aromatic rings. The van der Waals surface area contributed by atoms with Crippen LogP contribution < -0.4 is 10.6 Å². The van der Waals surface area contributed by atoms with Crippen LogP contribution in [-0.4, -0.2) is 29.9 Å². The summed E-state index contributed by atoms with van der Waals surface area (Å²) in [5.74, 6) is -0.187. The Hall–Kier alpha value is -2.73. The molecule has 0 bridgehead atoms. The number of aryl methyl sites for hydroxylation is 3. The number of carbonyl (C=O) groups is 2. The van der Waals surface area contributed by atoms with E-state index in [-0.39, 0.29) is 18.2 Å². The summed E-state index contributed by atoms with van der Waals surface area (Å²) in [4.78, 5) is 30.6. The van der Waals surface area contributed by atoms with Gasteiger partial charge in [-0.25, -0.2) is 4.98 Å². The highest BCUT2D eigenvalue weighted by Crippen LogP contribution is 2.27. The van der Waals surface area contributed by atoms with Crippen LogP contribution in [0.5, 0.6) is 0 Å². The molecule has 4 rings (SSSR count). The van der Waals surface area contributed by atoms with E-state index < -0.39 is 0 Å². The molecule has 5 nitrogen and oxygen atoms in total. The zero-order valence-corrected chi connectivity index (χ0v) is 17.9. The number of thiazole rings is 1. The Labute approximate surface area is 180 Å². The molecule has 0 atom stereocenters. The normalized spacial score (nSPS) is 13.1. The van der Waals surface area contributed by atoms with Crippen LogP contribution in [0.3, 0.4) is 0 Å². The van der Waals surface area contributed by atoms with E-state index in [1.54, 1.807) is 0 Å². The van der Waals surface area contributed by atoms with Gasteiger partial charge in [0.25, 0.3) is 5.91 Å². The second-order valence-corrected chi connectivity index (χ2v) is 8.87. The molecule has 156 valence electrons. The number of aromatic nitrogens is 1. The lowest BCUT2D eigenvalue weighted by Crippen LogP contribution is -2.31. The van der Waals surface area contributed by atoms with Crippen LogP contribution in [0.2, 0.25) is 0 Å². The third-order valence-corrected chi connectivity index (χ3v) is 6.65. The molecular formula is C24H27N3O2S. The van der Waals surface area contributed by atoms with Crippen molar-refractivity contribution in [2.24, 2.45) is 0 Å². The first kappa shape index (κ1) is 20.5. The zero-order chi connectivity index (χ0) is 20.8. The van der Waals surface area contributed by atoms with Gasteiger partial charge in [-0.05, 0) is 55.0 Å². The Kier molecular flexibility index (Phi) is 6.74. The molecule has 2 amide bonds. The molecule has 0 fully saturated rings. The molecule has 1 aromatic heterocycles. The lowest BCUT2D eigenvalue weighted by molar-refractivity contribution is -0.120. The van der Waals surface area contributed by atoms with E-state index in [0.29, 0.717) is 18.7 Å². The van der Waals surface area contributed by atoms with Gasteiger partial charge in [-0.2, -0.15) is 0 Å². The molecule has 6 heteroatoms. The van der Waals surface area contributed by atoms with Crippen molar-refractivity contribution in [3.8, 4) is 0 Å². The molecule has 2 N–H and O–H groups in total. The minimum absolute atomic E-state index is 0.0350. The van der Waals surface area contributed by atoms with Crippen molar-refractivity contribution in [1.82, 2.24) is 15.6 Å². The molecule has 0 unspecified atom stereocenters. The van der Waals surface area contributed by atoms with Crippen LogP contribution in [0.4, 0.5) is 0 Å². The van der Waals surface area contributed by atoms with Gasteiger partial charge in [0.2, 0.25) is 5.91 Å². The summed E-state index contributed by atoms with van der Waals surface area (Å²) in [5.41, 5.74) is 1.91. The molecule has 2 aromatic carbocycles. The van der Waals surface area contributed by atoms with Crippen molar-refractivity contribution in [2.75, 3.05) is 13.1 Å². The van der Waals surface area contributed by atoms with Crippen molar-refractivity contribution in [2.45, 2.75) is 44.9 Å². The fourth-order valence-electron chi connectivity index (χ4n) is 3.79. The first-order chi connectivity index (χ1) is 14.7. The maximum absolute atomic E-state index is 12.3. The van der Waals surface area contributed by atoms with Gasteiger partial charge in [0.1, 0.15) is 0 Å². The Morgan fingerprint density at radius 1 is 0.967 bits per heavy atom. The number of carbonyl (C=O) groups excluding carboxylic acids is 2. The van der Waals surface area contributed by atoms with Gasteiger partial charge >= 0.3 is 0 Å². The molecule has 0 spiro atoms. The van der Waals surface area contributed by atoms with Crippen molar-refractivity contribution in [3.05, 3.63) is 63.6 Å². The zero-order valence-electron chi connectivity index (χ0n) is 17.1. The van der Waals surface area contributed by atoms with Gasteiger partial charge in [0, 0.05) is 36.4 Å². The van der Waals surface area contributed by atoms with Crippen LogP contribution in [0.25, 0.3) is 10.8 Å². The molecule has 1 aliphatic rings. The summed E-state index contributed by atoms with van der Waals surface area (Å²) in [6, 6.07) is 13.6. The van der Waals surface area contributed by atoms with Crippen molar-refractivity contribution in [1.29, 1.82) is 0 Å². The molecule has 0 saturated carbocycles. The maximum atomic E-state index is 12.3. The highest BCUT2D eigenvalue weighted by molar-refractivity contribution is 7.11. The van der Waals surface area contributed by atoms with E-state index in [4.69, 9.17) is 4.98 Å². The first-order valence-corrected chi connectivity index (χ1v) is 11.5. The fraction of sp³-hybridized carbons (Fsp3) is 0.375. The second kappa shape index (κ2) is 9.85. The third kappa shape index (κ3) is 5.25. The summed E-state index contributed by atoms with van der Waals surface area (Å²) in [5, 5.41) is 9.10. The van der Waals surface area contributed by atoms with Gasteiger partial charge in [0.05, 0.1) is 10.7 Å². The highest BCUT2D eigenvalue weighted by Gasteiger charge is 2.14. The Balaban J connectivity index is 1.14. The summed E-state index contributed by atoms with van der Waals surface area (Å²) in [6.07, 6.45) is 6.91. The Bertz CT molecular complexity index is 1020. The largest absolute Gasteiger partial charge is 0.356 e. The smallest absolute Gasteiger partial charge is 0.251 e. The number of nitrogens with one attached hydrogen (secondary N) is 2. The number of rotatable bonds is 8. The molecule has 0 radical (unpaired) electrons.